The summed E-state index contributed by atoms with van der Waals surface area (Å²) in [5.41, 5.74) is 2.50. The van der Waals surface area contributed by atoms with Crippen LogP contribution in [0.25, 0.3) is 0 Å². The lowest BCUT2D eigenvalue weighted by Crippen LogP contribution is -2.43. The number of ketones is 1. The zero-order chi connectivity index (χ0) is 22.0. The van der Waals surface area contributed by atoms with Crippen LogP contribution in [0.3, 0.4) is 0 Å². The maximum Gasteiger partial charge on any atom is 0.265 e. The summed E-state index contributed by atoms with van der Waals surface area (Å²) in [5, 5.41) is 4.64. The van der Waals surface area contributed by atoms with Gasteiger partial charge in [-0.05, 0) is 53.9 Å². The van der Waals surface area contributed by atoms with Crippen molar-refractivity contribution in [3.05, 3.63) is 70.4 Å². The van der Waals surface area contributed by atoms with E-state index >= 15 is 0 Å². The van der Waals surface area contributed by atoms with Crippen LogP contribution < -0.4 is 19.9 Å². The zero-order valence-corrected chi connectivity index (χ0v) is 17.9. The predicted molar refractivity (Wildman–Crippen MR) is 121 cm³/mol. The van der Waals surface area contributed by atoms with Gasteiger partial charge >= 0.3 is 0 Å². The minimum Gasteiger partial charge on any atom is -0.482 e. The molecule has 1 aromatic heterocycles. The van der Waals surface area contributed by atoms with Crippen LogP contribution in [0.1, 0.15) is 15.2 Å². The van der Waals surface area contributed by atoms with Crippen molar-refractivity contribution in [2.75, 3.05) is 42.4 Å². The number of nitrogens with zero attached hydrogens (tertiary/aromatic N) is 2. The molecule has 0 fully saturated rings. The number of ether oxygens (including phenoxy) is 1. The van der Waals surface area contributed by atoms with Crippen LogP contribution in [0, 0.1) is 0 Å². The van der Waals surface area contributed by atoms with E-state index < -0.39 is 0 Å². The van der Waals surface area contributed by atoms with Crippen LogP contribution in [0.15, 0.2) is 60.0 Å². The first-order chi connectivity index (χ1) is 14.9. The molecule has 0 unspecified atom stereocenters. The fourth-order valence-corrected chi connectivity index (χ4v) is 3.94. The summed E-state index contributed by atoms with van der Waals surface area (Å²) in [5.74, 6) is -0.355. The topological polar surface area (TPSA) is 79.0 Å². The number of rotatable bonds is 6. The van der Waals surface area contributed by atoms with E-state index in [0.29, 0.717) is 27.6 Å². The summed E-state index contributed by atoms with van der Waals surface area (Å²) in [7, 11) is 3.87. The molecular weight excluding hydrogens is 414 g/mol. The smallest absolute Gasteiger partial charge is 0.265 e. The van der Waals surface area contributed by atoms with Gasteiger partial charge in [0.05, 0.1) is 10.6 Å². The molecule has 2 amide bonds. The normalized spacial score (nSPS) is 12.7. The average molecular weight is 436 g/mol. The average Bonchev–Trinajstić information content (AvgIpc) is 3.30. The summed E-state index contributed by atoms with van der Waals surface area (Å²) in [6.07, 6.45) is 0. The molecule has 2 heterocycles. The Kier molecular flexibility index (Phi) is 5.73. The second-order valence-corrected chi connectivity index (χ2v) is 8.19. The van der Waals surface area contributed by atoms with Gasteiger partial charge in [0.1, 0.15) is 12.3 Å². The fraction of sp³-hybridized carbons (Fsp3) is 0.174. The minimum atomic E-state index is -0.341. The van der Waals surface area contributed by atoms with Gasteiger partial charge in [-0.25, -0.2) is 0 Å². The number of carbonyl (C=O) groups is 3. The number of hydrogen-bond acceptors (Lipinski definition) is 6. The second kappa shape index (κ2) is 8.61. The molecule has 0 spiro atoms. The number of benzene rings is 2. The van der Waals surface area contributed by atoms with Crippen molar-refractivity contribution in [3.63, 3.8) is 0 Å². The highest BCUT2D eigenvalue weighted by atomic mass is 32.1. The molecule has 2 aromatic carbocycles. The summed E-state index contributed by atoms with van der Waals surface area (Å²) in [6.45, 7) is -0.336. The number of fused-ring (bicyclic) bond motifs is 1. The Balaban J connectivity index is 1.53. The maximum absolute atomic E-state index is 12.7. The van der Waals surface area contributed by atoms with Gasteiger partial charge in [0.15, 0.2) is 6.61 Å². The van der Waals surface area contributed by atoms with E-state index in [1.807, 2.05) is 42.6 Å². The molecule has 0 saturated carbocycles. The fourth-order valence-electron chi connectivity index (χ4n) is 3.25. The van der Waals surface area contributed by atoms with Gasteiger partial charge in [-0.15, -0.1) is 11.3 Å². The molecule has 3 aromatic rings. The lowest BCUT2D eigenvalue weighted by molar-refractivity contribution is -0.123. The van der Waals surface area contributed by atoms with E-state index in [1.54, 1.807) is 36.4 Å². The van der Waals surface area contributed by atoms with Gasteiger partial charge in [-0.1, -0.05) is 6.07 Å². The molecule has 0 bridgehead atoms. The second-order valence-electron chi connectivity index (χ2n) is 7.25. The molecule has 158 valence electrons. The highest BCUT2D eigenvalue weighted by Gasteiger charge is 2.28. The molecule has 1 N–H and O–H groups in total. The first-order valence-electron chi connectivity index (χ1n) is 9.65. The van der Waals surface area contributed by atoms with Crippen molar-refractivity contribution in [1.29, 1.82) is 0 Å². The Morgan fingerprint density at radius 3 is 2.58 bits per heavy atom. The summed E-state index contributed by atoms with van der Waals surface area (Å²) in [6, 6.07) is 15.9. The number of anilines is 3. The van der Waals surface area contributed by atoms with E-state index in [1.165, 1.54) is 16.2 Å². The van der Waals surface area contributed by atoms with Crippen LogP contribution in [0.4, 0.5) is 17.1 Å². The Morgan fingerprint density at radius 2 is 1.90 bits per heavy atom. The van der Waals surface area contributed by atoms with Gasteiger partial charge in [0, 0.05) is 31.0 Å². The van der Waals surface area contributed by atoms with Crippen LogP contribution >= 0.6 is 11.3 Å². The highest BCUT2D eigenvalue weighted by molar-refractivity contribution is 7.12. The summed E-state index contributed by atoms with van der Waals surface area (Å²) < 4.78 is 5.49. The molecule has 1 aliphatic rings. The molecule has 0 radical (unpaired) electrons. The van der Waals surface area contributed by atoms with Crippen LogP contribution in [-0.2, 0) is 9.59 Å². The Bertz CT molecular complexity index is 1120. The Morgan fingerprint density at radius 1 is 1.13 bits per heavy atom. The van der Waals surface area contributed by atoms with Crippen molar-refractivity contribution < 1.29 is 19.1 Å². The van der Waals surface area contributed by atoms with E-state index in [2.05, 4.69) is 5.32 Å². The quantitative estimate of drug-likeness (QED) is 0.601. The largest absolute Gasteiger partial charge is 0.482 e. The number of nitrogens with one attached hydrogen (secondary N) is 1. The van der Waals surface area contributed by atoms with Crippen LogP contribution in [-0.4, -0.2) is 44.8 Å². The zero-order valence-electron chi connectivity index (χ0n) is 17.1. The van der Waals surface area contributed by atoms with Gasteiger partial charge in [0.2, 0.25) is 11.7 Å². The number of thiophene rings is 1. The third kappa shape index (κ3) is 4.44. The van der Waals surface area contributed by atoms with Crippen molar-refractivity contribution in [2.45, 2.75) is 0 Å². The van der Waals surface area contributed by atoms with Crippen molar-refractivity contribution in [3.8, 4) is 5.75 Å². The number of hydrogen-bond donors (Lipinski definition) is 1. The molecule has 1 aliphatic heterocycles. The summed E-state index contributed by atoms with van der Waals surface area (Å²) >= 11 is 1.35. The highest BCUT2D eigenvalue weighted by Crippen LogP contribution is 2.34. The molecular formula is C23H21N3O4S. The van der Waals surface area contributed by atoms with Gasteiger partial charge in [0.25, 0.3) is 5.91 Å². The third-order valence-electron chi connectivity index (χ3n) is 4.88. The third-order valence-corrected chi connectivity index (χ3v) is 5.75. The minimum absolute atomic E-state index is 0.138. The number of amides is 2. The van der Waals surface area contributed by atoms with Crippen molar-refractivity contribution >= 4 is 46.0 Å². The van der Waals surface area contributed by atoms with E-state index in [4.69, 9.17) is 4.74 Å². The molecule has 7 nitrogen and oxygen atoms in total. The molecule has 4 rings (SSSR count). The van der Waals surface area contributed by atoms with Gasteiger partial charge < -0.3 is 15.0 Å². The lowest BCUT2D eigenvalue weighted by atomic mass is 10.1. The van der Waals surface area contributed by atoms with Crippen molar-refractivity contribution in [2.24, 2.45) is 0 Å². The lowest BCUT2D eigenvalue weighted by Gasteiger charge is -2.29. The van der Waals surface area contributed by atoms with E-state index in [-0.39, 0.29) is 30.7 Å². The van der Waals surface area contributed by atoms with Gasteiger partial charge in [-0.2, -0.15) is 0 Å². The van der Waals surface area contributed by atoms with Crippen LogP contribution in [0.5, 0.6) is 5.75 Å². The SMILES string of the molecule is CN(C)c1ccc(NC(=O)CN2C(=O)COc3ccc(C(=O)c4cccs4)cc32)cc1. The van der Waals surface area contributed by atoms with Gasteiger partial charge in [-0.3, -0.25) is 19.3 Å². The van der Waals surface area contributed by atoms with E-state index in [9.17, 15) is 14.4 Å². The first-order valence-corrected chi connectivity index (χ1v) is 10.5. The molecule has 8 heteroatoms. The Hall–Kier alpha value is -3.65. The first kappa shape index (κ1) is 20.6. The summed E-state index contributed by atoms with van der Waals surface area (Å²) in [4.78, 5) is 41.8. The maximum atomic E-state index is 12.7. The predicted octanol–water partition coefficient (Wildman–Crippen LogP) is 3.41. The van der Waals surface area contributed by atoms with Crippen molar-refractivity contribution in [1.82, 2.24) is 0 Å². The molecule has 0 atom stereocenters. The molecule has 0 saturated heterocycles. The standard InChI is InChI=1S/C23H21N3O4S/c1-25(2)17-8-6-16(7-9-17)24-21(27)13-26-18-12-15(23(29)20-4-3-11-31-20)5-10-19(18)30-14-22(26)28/h3-12H,13-14H2,1-2H3,(H,24,27). The Labute approximate surface area is 183 Å². The number of carbonyl (C=O) groups excluding carboxylic acids is 3. The van der Waals surface area contributed by atoms with Crippen LogP contribution in [0.2, 0.25) is 0 Å². The monoisotopic (exact) mass is 435 g/mol. The molecule has 31 heavy (non-hydrogen) atoms. The molecule has 0 aliphatic carbocycles. The van der Waals surface area contributed by atoms with E-state index in [0.717, 1.165) is 5.69 Å².